The van der Waals surface area contributed by atoms with Gasteiger partial charge in [0.15, 0.2) is 6.17 Å². The summed E-state index contributed by atoms with van der Waals surface area (Å²) < 4.78 is 39.1. The van der Waals surface area contributed by atoms with Gasteiger partial charge in [0.1, 0.15) is 22.5 Å². The summed E-state index contributed by atoms with van der Waals surface area (Å²) in [5.74, 6) is 0.0574. The zero-order valence-electron chi connectivity index (χ0n) is 17.5. The van der Waals surface area contributed by atoms with E-state index in [0.29, 0.717) is 11.2 Å². The molecule has 3 aromatic rings. The lowest BCUT2D eigenvalue weighted by Gasteiger charge is -2.27. The molecular formula is C22H26F3N3O. The highest BCUT2D eigenvalue weighted by Crippen LogP contribution is 2.39. The third-order valence-corrected chi connectivity index (χ3v) is 4.92. The van der Waals surface area contributed by atoms with Crippen molar-refractivity contribution in [3.8, 4) is 11.4 Å². The fraction of sp³-hybridized carbons (Fsp3) is 0.455. The fourth-order valence-electron chi connectivity index (χ4n) is 3.13. The molecule has 29 heavy (non-hydrogen) atoms. The van der Waals surface area contributed by atoms with Gasteiger partial charge in [0.2, 0.25) is 0 Å². The molecule has 0 aliphatic heterocycles. The van der Waals surface area contributed by atoms with Gasteiger partial charge in [-0.2, -0.15) is 0 Å². The standard InChI is InChI=1S/C22H26F3N3O/c1-21(2,3)13-10-14(22(4,5)6)19(29)17(11-13)28-26-15-8-7-12(9-16(15)27-28)18(23)20(24)25/h7-11,18,20,29H,1-6H3. The Bertz CT molecular complexity index is 1050. The molecule has 0 aliphatic rings. The van der Waals surface area contributed by atoms with Crippen molar-refractivity contribution in [2.45, 2.75) is 65.0 Å². The predicted molar refractivity (Wildman–Crippen MR) is 108 cm³/mol. The van der Waals surface area contributed by atoms with Crippen LogP contribution in [0.15, 0.2) is 30.3 Å². The summed E-state index contributed by atoms with van der Waals surface area (Å²) in [4.78, 5) is 1.28. The largest absolute Gasteiger partial charge is 0.505 e. The van der Waals surface area contributed by atoms with Gasteiger partial charge in [0.05, 0.1) is 0 Å². The summed E-state index contributed by atoms with van der Waals surface area (Å²) in [7, 11) is 0. The number of fused-ring (bicyclic) bond motifs is 1. The molecule has 156 valence electrons. The van der Waals surface area contributed by atoms with Crippen LogP contribution >= 0.6 is 0 Å². The Balaban J connectivity index is 2.20. The topological polar surface area (TPSA) is 50.9 Å². The number of aromatic hydroxyl groups is 1. The van der Waals surface area contributed by atoms with E-state index in [1.54, 1.807) is 0 Å². The SMILES string of the molecule is CC(C)(C)c1cc(-n2nc3ccc(C(F)C(F)F)cc3n2)c(O)c(C(C)(C)C)c1. The van der Waals surface area contributed by atoms with Gasteiger partial charge < -0.3 is 5.11 Å². The molecule has 0 saturated carbocycles. The predicted octanol–water partition coefficient (Wildman–Crippen LogP) is 6.00. The first-order valence-electron chi connectivity index (χ1n) is 9.46. The molecule has 0 fully saturated rings. The number of phenolic OH excluding ortho intramolecular Hbond substituents is 1. The number of benzene rings is 2. The molecule has 0 aliphatic carbocycles. The van der Waals surface area contributed by atoms with E-state index >= 15 is 0 Å². The van der Waals surface area contributed by atoms with Gasteiger partial charge in [0, 0.05) is 5.56 Å². The van der Waals surface area contributed by atoms with Crippen molar-refractivity contribution in [3.05, 3.63) is 47.0 Å². The van der Waals surface area contributed by atoms with E-state index in [-0.39, 0.29) is 27.7 Å². The van der Waals surface area contributed by atoms with Gasteiger partial charge in [0.25, 0.3) is 6.43 Å². The van der Waals surface area contributed by atoms with E-state index < -0.39 is 12.6 Å². The third kappa shape index (κ3) is 4.09. The van der Waals surface area contributed by atoms with Gasteiger partial charge >= 0.3 is 0 Å². The zero-order chi connectivity index (χ0) is 21.7. The number of alkyl halides is 3. The lowest BCUT2D eigenvalue weighted by atomic mass is 9.80. The van der Waals surface area contributed by atoms with Crippen molar-refractivity contribution >= 4 is 11.0 Å². The minimum atomic E-state index is -3.11. The van der Waals surface area contributed by atoms with Crippen molar-refractivity contribution in [1.29, 1.82) is 0 Å². The number of nitrogens with zero attached hydrogens (tertiary/aromatic N) is 3. The van der Waals surface area contributed by atoms with Crippen LogP contribution in [0.2, 0.25) is 0 Å². The lowest BCUT2D eigenvalue weighted by Crippen LogP contribution is -2.18. The first-order valence-corrected chi connectivity index (χ1v) is 9.46. The average Bonchev–Trinajstić information content (AvgIpc) is 3.01. The maximum Gasteiger partial charge on any atom is 0.273 e. The summed E-state index contributed by atoms with van der Waals surface area (Å²) in [5.41, 5.74) is 2.20. The van der Waals surface area contributed by atoms with Gasteiger partial charge in [-0.1, -0.05) is 53.7 Å². The smallest absolute Gasteiger partial charge is 0.273 e. The molecule has 2 aromatic carbocycles. The second-order valence-corrected chi connectivity index (χ2v) is 9.37. The van der Waals surface area contributed by atoms with E-state index in [9.17, 15) is 18.3 Å². The summed E-state index contributed by atoms with van der Waals surface area (Å²) in [5, 5.41) is 19.6. The molecule has 1 atom stereocenters. The first-order chi connectivity index (χ1) is 13.3. The van der Waals surface area contributed by atoms with E-state index in [0.717, 1.165) is 11.1 Å². The first kappa shape index (κ1) is 21.1. The second-order valence-electron chi connectivity index (χ2n) is 9.37. The summed E-state index contributed by atoms with van der Waals surface area (Å²) in [6.45, 7) is 12.2. The fourth-order valence-corrected chi connectivity index (χ4v) is 3.13. The number of aromatic nitrogens is 3. The minimum absolute atomic E-state index is 0.0574. The molecule has 1 aromatic heterocycles. The molecule has 7 heteroatoms. The molecule has 0 amide bonds. The van der Waals surface area contributed by atoms with Crippen molar-refractivity contribution < 1.29 is 18.3 Å². The normalized spacial score (nSPS) is 14.0. The van der Waals surface area contributed by atoms with Crippen LogP contribution in [0, 0.1) is 0 Å². The molecule has 1 unspecified atom stereocenters. The number of hydrogen-bond donors (Lipinski definition) is 1. The maximum absolute atomic E-state index is 13.7. The van der Waals surface area contributed by atoms with Crippen LogP contribution in [-0.4, -0.2) is 26.5 Å². The average molecular weight is 405 g/mol. The summed E-state index contributed by atoms with van der Waals surface area (Å²) in [6.07, 6.45) is -5.49. The lowest BCUT2D eigenvalue weighted by molar-refractivity contribution is 0.0496. The number of halogens is 3. The Hall–Kier alpha value is -2.57. The second kappa shape index (κ2) is 7.04. The molecule has 0 spiro atoms. The van der Waals surface area contributed by atoms with Crippen molar-refractivity contribution in [2.24, 2.45) is 0 Å². The Kier molecular flexibility index (Phi) is 5.13. The quantitative estimate of drug-likeness (QED) is 0.582. The van der Waals surface area contributed by atoms with Crippen molar-refractivity contribution in [1.82, 2.24) is 15.0 Å². The highest BCUT2D eigenvalue weighted by molar-refractivity contribution is 5.75. The van der Waals surface area contributed by atoms with Gasteiger partial charge in [-0.05, 0) is 40.2 Å². The van der Waals surface area contributed by atoms with Crippen LogP contribution in [0.1, 0.15) is 64.4 Å². The maximum atomic E-state index is 13.7. The van der Waals surface area contributed by atoms with Crippen LogP contribution in [0.3, 0.4) is 0 Å². The monoisotopic (exact) mass is 405 g/mol. The molecule has 0 saturated heterocycles. The Labute approximate surface area is 168 Å². The number of hydrogen-bond acceptors (Lipinski definition) is 3. The zero-order valence-corrected chi connectivity index (χ0v) is 17.5. The number of phenols is 1. The molecule has 0 radical (unpaired) electrons. The Morgan fingerprint density at radius 3 is 2.03 bits per heavy atom. The minimum Gasteiger partial charge on any atom is -0.505 e. The summed E-state index contributed by atoms with van der Waals surface area (Å²) in [6, 6.07) is 7.81. The van der Waals surface area contributed by atoms with Gasteiger partial charge in [-0.3, -0.25) is 0 Å². The molecule has 3 rings (SSSR count). The molecule has 4 nitrogen and oxygen atoms in total. The highest BCUT2D eigenvalue weighted by atomic mass is 19.3. The Morgan fingerprint density at radius 2 is 1.48 bits per heavy atom. The van der Waals surface area contributed by atoms with Gasteiger partial charge in [-0.25, -0.2) is 13.2 Å². The Morgan fingerprint density at radius 1 is 0.862 bits per heavy atom. The molecule has 1 N–H and O–H groups in total. The molecular weight excluding hydrogens is 379 g/mol. The van der Waals surface area contributed by atoms with E-state index in [2.05, 4.69) is 31.0 Å². The van der Waals surface area contributed by atoms with Crippen molar-refractivity contribution in [3.63, 3.8) is 0 Å². The van der Waals surface area contributed by atoms with Crippen LogP contribution in [-0.2, 0) is 10.8 Å². The molecule has 0 bridgehead atoms. The van der Waals surface area contributed by atoms with E-state index in [1.807, 2.05) is 32.9 Å². The molecule has 1 heterocycles. The third-order valence-electron chi connectivity index (χ3n) is 4.92. The van der Waals surface area contributed by atoms with Crippen LogP contribution in [0.25, 0.3) is 16.7 Å². The van der Waals surface area contributed by atoms with E-state index in [4.69, 9.17) is 0 Å². The van der Waals surface area contributed by atoms with E-state index in [1.165, 1.54) is 23.0 Å². The van der Waals surface area contributed by atoms with Crippen LogP contribution in [0.4, 0.5) is 13.2 Å². The van der Waals surface area contributed by atoms with Crippen molar-refractivity contribution in [2.75, 3.05) is 0 Å². The van der Waals surface area contributed by atoms with Crippen LogP contribution < -0.4 is 0 Å². The highest BCUT2D eigenvalue weighted by Gasteiger charge is 2.27. The van der Waals surface area contributed by atoms with Gasteiger partial charge in [-0.15, -0.1) is 15.0 Å². The summed E-state index contributed by atoms with van der Waals surface area (Å²) >= 11 is 0. The van der Waals surface area contributed by atoms with Crippen LogP contribution in [0.5, 0.6) is 5.75 Å². The number of rotatable bonds is 3.